The van der Waals surface area contributed by atoms with Crippen molar-refractivity contribution in [1.82, 2.24) is 10.2 Å². The minimum atomic E-state index is -1.09. The monoisotopic (exact) mass is 401 g/mol. The third kappa shape index (κ3) is 5.12. The van der Waals surface area contributed by atoms with Gasteiger partial charge in [-0.2, -0.15) is 0 Å². The molecular weight excluding hydrogens is 374 g/mol. The molecular formula is C22H28ClN3O2. The van der Waals surface area contributed by atoms with Crippen molar-refractivity contribution in [3.8, 4) is 0 Å². The van der Waals surface area contributed by atoms with E-state index in [0.717, 1.165) is 37.1 Å². The van der Waals surface area contributed by atoms with Crippen molar-refractivity contribution in [2.45, 2.75) is 38.3 Å². The van der Waals surface area contributed by atoms with Gasteiger partial charge < -0.3 is 16.0 Å². The molecule has 2 amide bonds. The molecule has 3 rings (SSSR count). The number of amides is 2. The summed E-state index contributed by atoms with van der Waals surface area (Å²) in [4.78, 5) is 26.9. The first-order chi connectivity index (χ1) is 13.0. The highest BCUT2D eigenvalue weighted by atomic mass is 35.5. The highest BCUT2D eigenvalue weighted by Crippen LogP contribution is 2.18. The van der Waals surface area contributed by atoms with Crippen LogP contribution in [0.1, 0.15) is 47.7 Å². The SMILES string of the molecule is CC(N)(C(=O)NCc1ccc(C(=O)N2CCCCC2)cc1)c1ccccc1.Cl. The lowest BCUT2D eigenvalue weighted by atomic mass is 9.92. The van der Waals surface area contributed by atoms with Gasteiger partial charge in [0.25, 0.3) is 5.91 Å². The van der Waals surface area contributed by atoms with Gasteiger partial charge >= 0.3 is 0 Å². The molecule has 2 aromatic carbocycles. The summed E-state index contributed by atoms with van der Waals surface area (Å²) in [5.41, 5.74) is 7.53. The van der Waals surface area contributed by atoms with Crippen LogP contribution in [-0.4, -0.2) is 29.8 Å². The lowest BCUT2D eigenvalue weighted by molar-refractivity contribution is -0.126. The highest BCUT2D eigenvalue weighted by Gasteiger charge is 2.30. The van der Waals surface area contributed by atoms with E-state index < -0.39 is 5.54 Å². The third-order valence-corrected chi connectivity index (χ3v) is 5.14. The molecule has 1 aliphatic rings. The number of carbonyl (C=O) groups excluding carboxylic acids is 2. The Hall–Kier alpha value is -2.37. The van der Waals surface area contributed by atoms with Gasteiger partial charge in [0.15, 0.2) is 0 Å². The molecule has 1 atom stereocenters. The van der Waals surface area contributed by atoms with Gasteiger partial charge in [-0.25, -0.2) is 0 Å². The summed E-state index contributed by atoms with van der Waals surface area (Å²) in [6.45, 7) is 3.76. The maximum Gasteiger partial charge on any atom is 0.253 e. The number of piperidine rings is 1. The molecule has 2 aromatic rings. The Morgan fingerprint density at radius 2 is 1.61 bits per heavy atom. The molecule has 0 aromatic heterocycles. The maximum absolute atomic E-state index is 12.5. The standard InChI is InChI=1S/C22H27N3O2.ClH/c1-22(23,19-8-4-2-5-9-19)21(27)24-16-17-10-12-18(13-11-17)20(26)25-14-6-3-7-15-25;/h2,4-5,8-13H,3,6-7,14-16,23H2,1H3,(H,24,27);1H. The molecule has 1 saturated heterocycles. The van der Waals surface area contributed by atoms with Crippen molar-refractivity contribution in [2.24, 2.45) is 5.73 Å². The van der Waals surface area contributed by atoms with Gasteiger partial charge in [0.05, 0.1) is 0 Å². The van der Waals surface area contributed by atoms with Crippen LogP contribution in [-0.2, 0) is 16.9 Å². The van der Waals surface area contributed by atoms with Crippen molar-refractivity contribution in [3.05, 3.63) is 71.3 Å². The molecule has 0 aliphatic carbocycles. The van der Waals surface area contributed by atoms with Crippen LogP contribution < -0.4 is 11.1 Å². The topological polar surface area (TPSA) is 75.4 Å². The summed E-state index contributed by atoms with van der Waals surface area (Å²) in [7, 11) is 0. The Bertz CT molecular complexity index is 785. The van der Waals surface area contributed by atoms with Crippen LogP contribution >= 0.6 is 12.4 Å². The lowest BCUT2D eigenvalue weighted by Gasteiger charge is -2.26. The van der Waals surface area contributed by atoms with Crippen LogP contribution in [0.2, 0.25) is 0 Å². The molecule has 0 spiro atoms. The van der Waals surface area contributed by atoms with E-state index in [9.17, 15) is 9.59 Å². The number of halogens is 1. The van der Waals surface area contributed by atoms with Crippen molar-refractivity contribution >= 4 is 24.2 Å². The first-order valence-electron chi connectivity index (χ1n) is 9.49. The molecule has 1 fully saturated rings. The van der Waals surface area contributed by atoms with Crippen molar-refractivity contribution < 1.29 is 9.59 Å². The van der Waals surface area contributed by atoms with E-state index in [2.05, 4.69) is 5.32 Å². The van der Waals surface area contributed by atoms with Crippen LogP contribution in [0.3, 0.4) is 0 Å². The van der Waals surface area contributed by atoms with Gasteiger partial charge in [0, 0.05) is 25.2 Å². The zero-order valence-corrected chi connectivity index (χ0v) is 17.0. The first kappa shape index (κ1) is 21.9. The normalized spacial score (nSPS) is 15.9. The van der Waals surface area contributed by atoms with E-state index in [1.54, 1.807) is 6.92 Å². The zero-order valence-electron chi connectivity index (χ0n) is 16.2. The summed E-state index contributed by atoms with van der Waals surface area (Å²) in [5.74, 6) is -0.147. The molecule has 1 aliphatic heterocycles. The summed E-state index contributed by atoms with van der Waals surface area (Å²) < 4.78 is 0. The fourth-order valence-electron chi connectivity index (χ4n) is 3.33. The number of nitrogens with one attached hydrogen (secondary N) is 1. The molecule has 28 heavy (non-hydrogen) atoms. The Kier molecular flexibility index (Phi) is 7.61. The van der Waals surface area contributed by atoms with Crippen molar-refractivity contribution in [2.75, 3.05) is 13.1 Å². The van der Waals surface area contributed by atoms with E-state index in [1.807, 2.05) is 59.5 Å². The smallest absolute Gasteiger partial charge is 0.253 e. The highest BCUT2D eigenvalue weighted by molar-refractivity contribution is 5.94. The quantitative estimate of drug-likeness (QED) is 0.807. The molecule has 3 N–H and O–H groups in total. The molecule has 6 heteroatoms. The van der Waals surface area contributed by atoms with Crippen LogP contribution in [0, 0.1) is 0 Å². The predicted octanol–water partition coefficient (Wildman–Crippen LogP) is 3.22. The second-order valence-electron chi connectivity index (χ2n) is 7.30. The zero-order chi connectivity index (χ0) is 19.3. The van der Waals surface area contributed by atoms with Gasteiger partial charge in [-0.05, 0) is 49.4 Å². The molecule has 5 nitrogen and oxygen atoms in total. The molecule has 0 bridgehead atoms. The number of hydrogen-bond donors (Lipinski definition) is 2. The first-order valence-corrected chi connectivity index (χ1v) is 9.49. The minimum Gasteiger partial charge on any atom is -0.350 e. The van der Waals surface area contributed by atoms with E-state index in [4.69, 9.17) is 5.73 Å². The molecule has 1 heterocycles. The second kappa shape index (κ2) is 9.71. The predicted molar refractivity (Wildman–Crippen MR) is 113 cm³/mol. The Labute approximate surface area is 172 Å². The fourth-order valence-corrected chi connectivity index (χ4v) is 3.33. The largest absolute Gasteiger partial charge is 0.350 e. The summed E-state index contributed by atoms with van der Waals surface area (Å²) in [6.07, 6.45) is 3.36. The average Bonchev–Trinajstić information content (AvgIpc) is 2.73. The number of rotatable bonds is 5. The van der Waals surface area contributed by atoms with Crippen LogP contribution in [0.4, 0.5) is 0 Å². The lowest BCUT2D eigenvalue weighted by Crippen LogP contribution is -2.48. The van der Waals surface area contributed by atoms with E-state index in [-0.39, 0.29) is 24.2 Å². The Morgan fingerprint density at radius 3 is 2.21 bits per heavy atom. The Balaban J connectivity index is 0.00000280. The van der Waals surface area contributed by atoms with Gasteiger partial charge in [0.1, 0.15) is 5.54 Å². The molecule has 1 unspecified atom stereocenters. The van der Waals surface area contributed by atoms with E-state index in [1.165, 1.54) is 6.42 Å². The molecule has 0 saturated carbocycles. The maximum atomic E-state index is 12.5. The number of nitrogens with two attached hydrogens (primary N) is 1. The Morgan fingerprint density at radius 1 is 1.00 bits per heavy atom. The number of nitrogens with zero attached hydrogens (tertiary/aromatic N) is 1. The van der Waals surface area contributed by atoms with Gasteiger partial charge in [-0.15, -0.1) is 12.4 Å². The number of benzene rings is 2. The minimum absolute atomic E-state index is 0. The number of likely N-dealkylation sites (tertiary alicyclic amines) is 1. The second-order valence-corrected chi connectivity index (χ2v) is 7.30. The van der Waals surface area contributed by atoms with Crippen LogP contribution in [0.5, 0.6) is 0 Å². The summed E-state index contributed by atoms with van der Waals surface area (Å²) >= 11 is 0. The van der Waals surface area contributed by atoms with E-state index >= 15 is 0 Å². The van der Waals surface area contributed by atoms with Gasteiger partial charge in [-0.1, -0.05) is 42.5 Å². The number of hydrogen-bond acceptors (Lipinski definition) is 3. The molecule has 150 valence electrons. The van der Waals surface area contributed by atoms with Gasteiger partial charge in [0.2, 0.25) is 5.91 Å². The van der Waals surface area contributed by atoms with Crippen molar-refractivity contribution in [3.63, 3.8) is 0 Å². The van der Waals surface area contributed by atoms with E-state index in [0.29, 0.717) is 12.1 Å². The third-order valence-electron chi connectivity index (χ3n) is 5.14. The van der Waals surface area contributed by atoms with Crippen LogP contribution in [0.15, 0.2) is 54.6 Å². The van der Waals surface area contributed by atoms with Crippen molar-refractivity contribution in [1.29, 1.82) is 0 Å². The van der Waals surface area contributed by atoms with Crippen LogP contribution in [0.25, 0.3) is 0 Å². The average molecular weight is 402 g/mol. The fraction of sp³-hybridized carbons (Fsp3) is 0.364. The summed E-state index contributed by atoms with van der Waals surface area (Å²) in [5, 5.41) is 2.89. The summed E-state index contributed by atoms with van der Waals surface area (Å²) in [6, 6.07) is 16.7. The molecule has 0 radical (unpaired) electrons. The van der Waals surface area contributed by atoms with Gasteiger partial charge in [-0.3, -0.25) is 9.59 Å². The number of carbonyl (C=O) groups is 2.